The van der Waals surface area contributed by atoms with Gasteiger partial charge >= 0.3 is 0 Å². The average molecular weight is 290 g/mol. The summed E-state index contributed by atoms with van der Waals surface area (Å²) in [6, 6.07) is 0. The second-order valence-electron chi connectivity index (χ2n) is 4.48. The first-order valence-electron chi connectivity index (χ1n) is 5.83. The molecule has 0 aliphatic carbocycles. The maximum atomic E-state index is 5.35. The number of morpholine rings is 1. The van der Waals surface area contributed by atoms with Crippen molar-refractivity contribution in [1.29, 1.82) is 0 Å². The van der Waals surface area contributed by atoms with Crippen LogP contribution in [0.15, 0.2) is 10.7 Å². The van der Waals surface area contributed by atoms with Crippen LogP contribution < -0.4 is 0 Å². The minimum absolute atomic E-state index is 0.892. The first-order valence-corrected chi connectivity index (χ1v) is 6.62. The zero-order chi connectivity index (χ0) is 11.4. The Labute approximate surface area is 106 Å². The topological polar surface area (TPSA) is 19.0 Å². The van der Waals surface area contributed by atoms with Crippen LogP contribution in [0.3, 0.4) is 0 Å². The highest BCUT2D eigenvalue weighted by Crippen LogP contribution is 2.14. The van der Waals surface area contributed by atoms with Gasteiger partial charge in [-0.1, -0.05) is 15.9 Å². The average Bonchev–Trinajstić information content (AvgIpc) is 2.27. The number of halogens is 1. The summed E-state index contributed by atoms with van der Waals surface area (Å²) in [6.45, 7) is 8.30. The summed E-state index contributed by atoms with van der Waals surface area (Å²) in [7, 11) is 2.11. The van der Waals surface area contributed by atoms with Gasteiger partial charge in [0.2, 0.25) is 0 Å². The molecule has 2 aliphatic heterocycles. The van der Waals surface area contributed by atoms with Crippen LogP contribution >= 0.6 is 15.9 Å². The van der Waals surface area contributed by atoms with Crippen LogP contribution in [0.2, 0.25) is 0 Å². The quantitative estimate of drug-likeness (QED) is 0.764. The molecule has 0 aromatic heterocycles. The monoisotopic (exact) mass is 289 g/mol. The van der Waals surface area contributed by atoms with Gasteiger partial charge in [0, 0.05) is 50.5 Å². The molecule has 0 radical (unpaired) electrons. The molecule has 0 unspecified atom stereocenters. The third-order valence-corrected chi connectivity index (χ3v) is 3.45. The molecule has 1 saturated heterocycles. The molecule has 0 saturated carbocycles. The summed E-state index contributed by atoms with van der Waals surface area (Å²) in [6.07, 6.45) is 2.16. The van der Waals surface area contributed by atoms with E-state index in [0.717, 1.165) is 52.6 Å². The first-order chi connectivity index (χ1) is 7.74. The summed E-state index contributed by atoms with van der Waals surface area (Å²) >= 11 is 3.58. The highest BCUT2D eigenvalue weighted by atomic mass is 79.9. The van der Waals surface area contributed by atoms with Crippen molar-refractivity contribution in [3.63, 3.8) is 0 Å². The van der Waals surface area contributed by atoms with Crippen molar-refractivity contribution in [1.82, 2.24) is 14.7 Å². The highest BCUT2D eigenvalue weighted by molar-refractivity contribution is 9.11. The van der Waals surface area contributed by atoms with E-state index >= 15 is 0 Å². The van der Waals surface area contributed by atoms with E-state index in [1.165, 1.54) is 4.48 Å². The maximum Gasteiger partial charge on any atom is 0.0702 e. The van der Waals surface area contributed by atoms with E-state index in [9.17, 15) is 0 Å². The second-order valence-corrected chi connectivity index (χ2v) is 5.50. The minimum Gasteiger partial charge on any atom is -0.379 e. The van der Waals surface area contributed by atoms with Gasteiger partial charge < -0.3 is 9.64 Å². The molecule has 0 amide bonds. The smallest absolute Gasteiger partial charge is 0.0702 e. The van der Waals surface area contributed by atoms with Crippen molar-refractivity contribution in [3.8, 4) is 0 Å². The Kier molecular flexibility index (Phi) is 4.64. The Balaban J connectivity index is 1.71. The van der Waals surface area contributed by atoms with Gasteiger partial charge in [0.1, 0.15) is 0 Å². The standard InChI is InChI=1S/C11H20BrN3O/c1-13-8-11(12)9-15(10-13)3-2-14-4-6-16-7-5-14/h8H,2-7,9-10H2,1H3. The van der Waals surface area contributed by atoms with Crippen molar-refractivity contribution in [2.75, 3.05) is 59.7 Å². The molecule has 5 heteroatoms. The zero-order valence-electron chi connectivity index (χ0n) is 9.86. The van der Waals surface area contributed by atoms with Gasteiger partial charge in [-0.2, -0.15) is 0 Å². The summed E-state index contributed by atoms with van der Waals surface area (Å²) in [5.41, 5.74) is 0. The van der Waals surface area contributed by atoms with Crippen molar-refractivity contribution >= 4 is 15.9 Å². The first kappa shape index (κ1) is 12.4. The number of rotatable bonds is 3. The molecule has 0 aromatic carbocycles. The van der Waals surface area contributed by atoms with Crippen LogP contribution in [0, 0.1) is 0 Å². The third kappa shape index (κ3) is 3.73. The molecule has 2 rings (SSSR count). The van der Waals surface area contributed by atoms with E-state index in [1.54, 1.807) is 0 Å². The van der Waals surface area contributed by atoms with Crippen LogP contribution in [-0.2, 0) is 4.74 Å². The van der Waals surface area contributed by atoms with Crippen LogP contribution in [0.25, 0.3) is 0 Å². The maximum absolute atomic E-state index is 5.35. The molecule has 0 spiro atoms. The van der Waals surface area contributed by atoms with Crippen LogP contribution in [0.4, 0.5) is 0 Å². The zero-order valence-corrected chi connectivity index (χ0v) is 11.4. The van der Waals surface area contributed by atoms with E-state index in [-0.39, 0.29) is 0 Å². The summed E-state index contributed by atoms with van der Waals surface area (Å²) in [5, 5.41) is 0. The molecule has 16 heavy (non-hydrogen) atoms. The summed E-state index contributed by atoms with van der Waals surface area (Å²) in [5.74, 6) is 0. The molecule has 2 heterocycles. The SMILES string of the molecule is CN1C=C(Br)CN(CCN2CCOCC2)C1. The Hall–Kier alpha value is -0.100. The number of nitrogens with zero attached hydrogens (tertiary/aromatic N) is 3. The summed E-state index contributed by atoms with van der Waals surface area (Å²) in [4.78, 5) is 7.15. The van der Waals surface area contributed by atoms with Crippen LogP contribution in [0.5, 0.6) is 0 Å². The molecule has 0 bridgehead atoms. The van der Waals surface area contributed by atoms with Gasteiger partial charge in [-0.25, -0.2) is 0 Å². The summed E-state index contributed by atoms with van der Waals surface area (Å²) < 4.78 is 6.61. The molecule has 2 aliphatic rings. The molecule has 0 N–H and O–H groups in total. The van der Waals surface area contributed by atoms with Gasteiger partial charge in [0.15, 0.2) is 0 Å². The van der Waals surface area contributed by atoms with Gasteiger partial charge in [0.25, 0.3) is 0 Å². The van der Waals surface area contributed by atoms with Crippen LogP contribution in [0.1, 0.15) is 0 Å². The van der Waals surface area contributed by atoms with Gasteiger partial charge in [-0.3, -0.25) is 9.80 Å². The molecule has 0 aromatic rings. The van der Waals surface area contributed by atoms with Crippen molar-refractivity contribution in [3.05, 3.63) is 10.7 Å². The lowest BCUT2D eigenvalue weighted by Crippen LogP contribution is -2.45. The molecular formula is C11H20BrN3O. The van der Waals surface area contributed by atoms with Gasteiger partial charge in [0.05, 0.1) is 19.9 Å². The normalized spacial score (nSPS) is 24.6. The Morgan fingerprint density at radius 1 is 1.25 bits per heavy atom. The number of hydrogen-bond donors (Lipinski definition) is 0. The fourth-order valence-corrected chi connectivity index (χ4v) is 2.86. The number of hydrogen-bond acceptors (Lipinski definition) is 4. The van der Waals surface area contributed by atoms with E-state index in [0.29, 0.717) is 0 Å². The molecule has 92 valence electrons. The van der Waals surface area contributed by atoms with E-state index in [4.69, 9.17) is 4.74 Å². The largest absolute Gasteiger partial charge is 0.379 e. The van der Waals surface area contributed by atoms with Gasteiger partial charge in [-0.15, -0.1) is 0 Å². The fraction of sp³-hybridized carbons (Fsp3) is 0.818. The highest BCUT2D eigenvalue weighted by Gasteiger charge is 2.16. The molecule has 1 fully saturated rings. The van der Waals surface area contributed by atoms with E-state index in [2.05, 4.69) is 43.9 Å². The lowest BCUT2D eigenvalue weighted by Gasteiger charge is -2.34. The second kappa shape index (κ2) is 6.00. The van der Waals surface area contributed by atoms with Crippen molar-refractivity contribution < 1.29 is 4.74 Å². The predicted octanol–water partition coefficient (Wildman–Crippen LogP) is 0.760. The predicted molar refractivity (Wildman–Crippen MR) is 68.5 cm³/mol. The van der Waals surface area contributed by atoms with Crippen LogP contribution in [-0.4, -0.2) is 74.4 Å². The Morgan fingerprint density at radius 2 is 1.94 bits per heavy atom. The Bertz CT molecular complexity index is 254. The molecule has 0 atom stereocenters. The number of ether oxygens (including phenoxy) is 1. The van der Waals surface area contributed by atoms with E-state index < -0.39 is 0 Å². The molecule has 4 nitrogen and oxygen atoms in total. The fourth-order valence-electron chi connectivity index (χ4n) is 2.16. The van der Waals surface area contributed by atoms with Crippen molar-refractivity contribution in [2.24, 2.45) is 0 Å². The van der Waals surface area contributed by atoms with Gasteiger partial charge in [-0.05, 0) is 0 Å². The minimum atomic E-state index is 0.892. The lowest BCUT2D eigenvalue weighted by molar-refractivity contribution is 0.0315. The lowest BCUT2D eigenvalue weighted by atomic mass is 10.3. The van der Waals surface area contributed by atoms with E-state index in [1.807, 2.05) is 0 Å². The molecular weight excluding hydrogens is 270 g/mol. The van der Waals surface area contributed by atoms with Crippen molar-refractivity contribution in [2.45, 2.75) is 0 Å². The third-order valence-electron chi connectivity index (χ3n) is 2.99. The Morgan fingerprint density at radius 3 is 2.62 bits per heavy atom.